The van der Waals surface area contributed by atoms with Gasteiger partial charge in [-0.2, -0.15) is 0 Å². The second-order valence-corrected chi connectivity index (χ2v) is 10.9. The fourth-order valence-electron chi connectivity index (χ4n) is 3.51. The Morgan fingerprint density at radius 2 is 1.76 bits per heavy atom. The van der Waals surface area contributed by atoms with Crippen LogP contribution in [0.1, 0.15) is 15.4 Å². The van der Waals surface area contributed by atoms with Crippen molar-refractivity contribution in [2.24, 2.45) is 0 Å². The topological polar surface area (TPSA) is 156 Å². The van der Waals surface area contributed by atoms with Crippen molar-refractivity contribution < 1.29 is 22.7 Å². The minimum Gasteiger partial charge on any atom is -0.452 e. The zero-order valence-electron chi connectivity index (χ0n) is 19.8. The molecule has 0 aliphatic heterocycles. The minimum atomic E-state index is -3.86. The van der Waals surface area contributed by atoms with Crippen molar-refractivity contribution in [1.82, 2.24) is 20.2 Å². The van der Waals surface area contributed by atoms with Crippen LogP contribution in [0.2, 0.25) is 0 Å². The Bertz CT molecular complexity index is 1730. The van der Waals surface area contributed by atoms with E-state index in [4.69, 9.17) is 4.74 Å². The Morgan fingerprint density at radius 1 is 1.00 bits per heavy atom. The van der Waals surface area contributed by atoms with Gasteiger partial charge in [0.25, 0.3) is 15.9 Å². The van der Waals surface area contributed by atoms with Gasteiger partial charge in [-0.1, -0.05) is 41.7 Å². The lowest BCUT2D eigenvalue weighted by Gasteiger charge is -2.08. The van der Waals surface area contributed by atoms with Gasteiger partial charge in [0, 0.05) is 11.3 Å². The molecule has 3 aromatic carbocycles. The smallest absolute Gasteiger partial charge is 0.338 e. The summed E-state index contributed by atoms with van der Waals surface area (Å²) < 4.78 is 32.5. The Hall–Kier alpha value is -4.62. The number of aromatic amines is 1. The first-order valence-corrected chi connectivity index (χ1v) is 13.5. The highest BCUT2D eigenvalue weighted by Gasteiger charge is 2.17. The molecule has 0 spiro atoms. The van der Waals surface area contributed by atoms with Crippen LogP contribution in [-0.2, 0) is 19.6 Å². The molecular weight excluding hydrogens is 528 g/mol. The molecule has 0 bridgehead atoms. The number of aryl methyl sites for hydroxylation is 1. The summed E-state index contributed by atoms with van der Waals surface area (Å²) >= 11 is 1.11. The summed E-state index contributed by atoms with van der Waals surface area (Å²) in [6.07, 6.45) is 0. The molecule has 0 unspecified atom stereocenters. The summed E-state index contributed by atoms with van der Waals surface area (Å²) in [6, 6.07) is 20.0. The van der Waals surface area contributed by atoms with Crippen molar-refractivity contribution >= 4 is 55.1 Å². The normalized spacial score (nSPS) is 11.3. The summed E-state index contributed by atoms with van der Waals surface area (Å²) in [5, 5.41) is 10.9. The minimum absolute atomic E-state index is 0.0144. The quantitative estimate of drug-likeness (QED) is 0.246. The maximum atomic E-state index is 12.5. The van der Waals surface area contributed by atoms with Gasteiger partial charge in [0.15, 0.2) is 6.61 Å². The molecule has 0 aliphatic carbocycles. The van der Waals surface area contributed by atoms with Crippen molar-refractivity contribution in [2.75, 3.05) is 16.6 Å². The predicted octanol–water partition coefficient (Wildman–Crippen LogP) is 3.99. The van der Waals surface area contributed by atoms with Gasteiger partial charge >= 0.3 is 5.97 Å². The van der Waals surface area contributed by atoms with Gasteiger partial charge < -0.3 is 15.0 Å². The van der Waals surface area contributed by atoms with Crippen molar-refractivity contribution in [1.29, 1.82) is 0 Å². The number of rotatable bonds is 8. The van der Waals surface area contributed by atoms with E-state index in [0.29, 0.717) is 27.6 Å². The van der Waals surface area contributed by atoms with Crippen LogP contribution in [0.5, 0.6) is 0 Å². The molecule has 192 valence electrons. The maximum Gasteiger partial charge on any atom is 0.338 e. The van der Waals surface area contributed by atoms with Gasteiger partial charge in [-0.25, -0.2) is 18.2 Å². The number of carbonyl (C=O) groups is 2. The lowest BCUT2D eigenvalue weighted by Crippen LogP contribution is -2.21. The van der Waals surface area contributed by atoms with Crippen LogP contribution < -0.4 is 10.0 Å². The van der Waals surface area contributed by atoms with Gasteiger partial charge in [0.05, 0.1) is 21.5 Å². The Balaban J connectivity index is 1.17. The molecule has 2 heterocycles. The zero-order valence-corrected chi connectivity index (χ0v) is 21.5. The van der Waals surface area contributed by atoms with Crippen LogP contribution >= 0.6 is 11.3 Å². The lowest BCUT2D eigenvalue weighted by molar-refractivity contribution is -0.119. The number of hydrogen-bond donors (Lipinski definition) is 3. The number of anilines is 2. The van der Waals surface area contributed by atoms with Crippen molar-refractivity contribution in [2.45, 2.75) is 11.8 Å². The number of aromatic nitrogens is 4. The maximum absolute atomic E-state index is 12.5. The van der Waals surface area contributed by atoms with Crippen LogP contribution in [-0.4, -0.2) is 47.1 Å². The molecule has 2 aromatic heterocycles. The van der Waals surface area contributed by atoms with Crippen LogP contribution in [0.15, 0.2) is 77.7 Å². The van der Waals surface area contributed by atoms with E-state index in [1.165, 1.54) is 24.3 Å². The van der Waals surface area contributed by atoms with E-state index in [9.17, 15) is 18.0 Å². The van der Waals surface area contributed by atoms with E-state index in [-0.39, 0.29) is 15.6 Å². The highest BCUT2D eigenvalue weighted by Crippen LogP contribution is 2.22. The molecule has 38 heavy (non-hydrogen) atoms. The van der Waals surface area contributed by atoms with E-state index < -0.39 is 28.5 Å². The molecular formula is C25H20N6O5S2. The highest BCUT2D eigenvalue weighted by atomic mass is 32.2. The van der Waals surface area contributed by atoms with Crippen molar-refractivity contribution in [3.8, 4) is 11.4 Å². The third-order valence-electron chi connectivity index (χ3n) is 5.30. The fraction of sp³-hybridized carbons (Fsp3) is 0.0800. The number of carbonyl (C=O) groups excluding carboxylic acids is 2. The van der Waals surface area contributed by atoms with Crippen LogP contribution in [0.25, 0.3) is 22.4 Å². The number of H-pyrrole nitrogens is 1. The predicted molar refractivity (Wildman–Crippen MR) is 142 cm³/mol. The van der Waals surface area contributed by atoms with Crippen LogP contribution in [0.4, 0.5) is 10.8 Å². The number of sulfonamides is 1. The first-order chi connectivity index (χ1) is 18.3. The van der Waals surface area contributed by atoms with Crippen molar-refractivity contribution in [3.05, 3.63) is 83.4 Å². The molecule has 11 nitrogen and oxygen atoms in total. The molecule has 0 aliphatic rings. The molecule has 0 radical (unpaired) electrons. The van der Waals surface area contributed by atoms with Crippen LogP contribution in [0, 0.1) is 6.92 Å². The average molecular weight is 549 g/mol. The molecule has 1 amide bonds. The summed E-state index contributed by atoms with van der Waals surface area (Å²) in [5.74, 6) is -0.571. The number of nitrogens with zero attached hydrogens (tertiary/aromatic N) is 3. The Kier molecular flexibility index (Phi) is 6.85. The number of nitrogens with one attached hydrogen (secondary N) is 3. The second-order valence-electron chi connectivity index (χ2n) is 8.06. The van der Waals surface area contributed by atoms with E-state index in [2.05, 4.69) is 30.2 Å². The summed E-state index contributed by atoms with van der Waals surface area (Å²) in [7, 11) is -3.86. The largest absolute Gasteiger partial charge is 0.452 e. The Morgan fingerprint density at radius 3 is 2.47 bits per heavy atom. The molecule has 0 saturated heterocycles. The number of hydrogen-bond acceptors (Lipinski definition) is 9. The molecule has 5 rings (SSSR count). The summed E-state index contributed by atoms with van der Waals surface area (Å²) in [4.78, 5) is 32.5. The number of fused-ring (bicyclic) bond motifs is 1. The summed E-state index contributed by atoms with van der Waals surface area (Å²) in [5.41, 5.74) is 2.87. The third-order valence-corrected chi connectivity index (χ3v) is 7.53. The monoisotopic (exact) mass is 548 g/mol. The first-order valence-electron chi connectivity index (χ1n) is 11.2. The standard InChI is InChI=1S/C25H20N6O5S2/c1-15-29-30-25(37-15)31-38(34,35)19-10-8-18(9-11-19)26-22(32)14-36-24(33)17-7-12-20-21(13-17)28-23(27-20)16-5-3-2-4-6-16/h2-13H,14H2,1H3,(H,26,32)(H,27,28)(H,30,31). The molecule has 0 fully saturated rings. The van der Waals surface area contributed by atoms with E-state index in [1.807, 2.05) is 30.3 Å². The molecule has 5 aromatic rings. The number of esters is 1. The number of ether oxygens (including phenoxy) is 1. The SMILES string of the molecule is Cc1nnc(NS(=O)(=O)c2ccc(NC(=O)COC(=O)c3ccc4nc(-c5ccccc5)[nH]c4c3)cc2)s1. The molecule has 3 N–H and O–H groups in total. The van der Waals surface area contributed by atoms with Gasteiger partial charge in [0.1, 0.15) is 10.8 Å². The van der Waals surface area contributed by atoms with Gasteiger partial charge in [-0.3, -0.25) is 9.52 Å². The number of amides is 1. The highest BCUT2D eigenvalue weighted by molar-refractivity contribution is 7.93. The average Bonchev–Trinajstić information content (AvgIpc) is 3.53. The number of benzene rings is 3. The van der Waals surface area contributed by atoms with Crippen molar-refractivity contribution in [3.63, 3.8) is 0 Å². The van der Waals surface area contributed by atoms with E-state index >= 15 is 0 Å². The van der Waals surface area contributed by atoms with Crippen LogP contribution in [0.3, 0.4) is 0 Å². The first kappa shape index (κ1) is 25.0. The molecule has 0 saturated carbocycles. The lowest BCUT2D eigenvalue weighted by atomic mass is 10.2. The zero-order chi connectivity index (χ0) is 26.7. The van der Waals surface area contributed by atoms with Gasteiger partial charge in [0.2, 0.25) is 5.13 Å². The second kappa shape index (κ2) is 10.4. The van der Waals surface area contributed by atoms with E-state index in [0.717, 1.165) is 16.9 Å². The third kappa shape index (κ3) is 5.68. The van der Waals surface area contributed by atoms with E-state index in [1.54, 1.807) is 25.1 Å². The molecule has 13 heteroatoms. The Labute approximate surface area is 221 Å². The van der Waals surface area contributed by atoms with Gasteiger partial charge in [-0.15, -0.1) is 10.2 Å². The number of imidazole rings is 1. The van der Waals surface area contributed by atoms with Gasteiger partial charge in [-0.05, 0) is 49.4 Å². The fourth-order valence-corrected chi connectivity index (χ4v) is 5.33. The molecule has 0 atom stereocenters. The summed E-state index contributed by atoms with van der Waals surface area (Å²) in [6.45, 7) is 1.19.